The molecule has 0 spiro atoms. The third-order valence-corrected chi connectivity index (χ3v) is 1.75. The highest BCUT2D eigenvalue weighted by Gasteiger charge is 2.12. The summed E-state index contributed by atoms with van der Waals surface area (Å²) in [6.45, 7) is 0.473. The summed E-state index contributed by atoms with van der Waals surface area (Å²) in [7, 11) is 1.64. The summed E-state index contributed by atoms with van der Waals surface area (Å²) in [4.78, 5) is 4.03. The van der Waals surface area contributed by atoms with Crippen molar-refractivity contribution in [2.45, 2.75) is 18.9 Å². The predicted molar refractivity (Wildman–Crippen MR) is 48.5 cm³/mol. The van der Waals surface area contributed by atoms with Crippen LogP contribution in [0.5, 0.6) is 0 Å². The highest BCUT2D eigenvalue weighted by atomic mass is 16.5. The lowest BCUT2D eigenvalue weighted by atomic mass is 10.3. The molecule has 1 rings (SSSR count). The maximum atomic E-state index is 8.74. The van der Waals surface area contributed by atoms with Gasteiger partial charge in [-0.15, -0.1) is 0 Å². The molecule has 0 saturated heterocycles. The summed E-state index contributed by atoms with van der Waals surface area (Å²) in [5.41, 5.74) is 5.50. The molecule has 1 aromatic heterocycles. The molecule has 3 N–H and O–H groups in total. The van der Waals surface area contributed by atoms with E-state index in [4.69, 9.17) is 20.1 Å². The number of rotatable bonds is 6. The summed E-state index contributed by atoms with van der Waals surface area (Å²) in [6.07, 6.45) is 1.49. The number of aromatic nitrogens is 2. The molecule has 0 aliphatic carbocycles. The maximum absolute atomic E-state index is 8.74. The Labute approximate surface area is 82.1 Å². The molecule has 0 aliphatic heterocycles. The standard InChI is InChI=1S/C8H15N3O3/c1-13-4-2-3-7-10-8(11-14-7)6(9)5-12/h6,12H,2-5,9H2,1H3. The largest absolute Gasteiger partial charge is 0.394 e. The normalized spacial score (nSPS) is 13.1. The summed E-state index contributed by atoms with van der Waals surface area (Å²) in [5.74, 6) is 0.876. The van der Waals surface area contributed by atoms with E-state index >= 15 is 0 Å². The van der Waals surface area contributed by atoms with Crippen molar-refractivity contribution in [1.82, 2.24) is 10.1 Å². The number of aliphatic hydroxyl groups is 1. The highest BCUT2D eigenvalue weighted by molar-refractivity contribution is 4.92. The van der Waals surface area contributed by atoms with Gasteiger partial charge in [-0.2, -0.15) is 4.98 Å². The van der Waals surface area contributed by atoms with Crippen LogP contribution in [0.25, 0.3) is 0 Å². The second kappa shape index (κ2) is 5.69. The fourth-order valence-electron chi connectivity index (χ4n) is 0.970. The van der Waals surface area contributed by atoms with E-state index in [9.17, 15) is 0 Å². The minimum Gasteiger partial charge on any atom is -0.394 e. The van der Waals surface area contributed by atoms with Gasteiger partial charge in [-0.3, -0.25) is 0 Å². The van der Waals surface area contributed by atoms with Crippen LogP contribution in [0.2, 0.25) is 0 Å². The van der Waals surface area contributed by atoms with Gasteiger partial charge in [0.25, 0.3) is 0 Å². The minimum atomic E-state index is -0.560. The molecule has 0 bridgehead atoms. The van der Waals surface area contributed by atoms with Crippen molar-refractivity contribution in [3.05, 3.63) is 11.7 Å². The number of nitrogens with two attached hydrogens (primary N) is 1. The second-order valence-corrected chi connectivity index (χ2v) is 2.93. The van der Waals surface area contributed by atoms with Gasteiger partial charge in [0.1, 0.15) is 0 Å². The Morgan fingerprint density at radius 1 is 1.64 bits per heavy atom. The molecule has 1 unspecified atom stereocenters. The van der Waals surface area contributed by atoms with Gasteiger partial charge in [0.05, 0.1) is 12.6 Å². The van der Waals surface area contributed by atoms with Crippen LogP contribution in [0.1, 0.15) is 24.2 Å². The van der Waals surface area contributed by atoms with Crippen molar-refractivity contribution >= 4 is 0 Å². The van der Waals surface area contributed by atoms with Crippen molar-refractivity contribution < 1.29 is 14.4 Å². The van der Waals surface area contributed by atoms with Gasteiger partial charge in [-0.25, -0.2) is 0 Å². The molecule has 0 saturated carbocycles. The van der Waals surface area contributed by atoms with Crippen molar-refractivity contribution in [3.63, 3.8) is 0 Å². The van der Waals surface area contributed by atoms with Crippen molar-refractivity contribution in [2.24, 2.45) is 5.73 Å². The molecule has 0 radical (unpaired) electrons. The van der Waals surface area contributed by atoms with Crippen LogP contribution in [0.4, 0.5) is 0 Å². The van der Waals surface area contributed by atoms with Crippen LogP contribution in [-0.2, 0) is 11.2 Å². The number of aliphatic hydroxyl groups excluding tert-OH is 1. The Balaban J connectivity index is 2.42. The molecule has 1 aromatic rings. The van der Waals surface area contributed by atoms with Gasteiger partial charge in [0.15, 0.2) is 5.82 Å². The molecule has 14 heavy (non-hydrogen) atoms. The van der Waals surface area contributed by atoms with Gasteiger partial charge in [-0.05, 0) is 6.42 Å². The van der Waals surface area contributed by atoms with Crippen LogP contribution in [0.3, 0.4) is 0 Å². The van der Waals surface area contributed by atoms with E-state index in [-0.39, 0.29) is 6.61 Å². The molecule has 6 nitrogen and oxygen atoms in total. The summed E-state index contributed by atoms with van der Waals surface area (Å²) in [5, 5.41) is 12.4. The van der Waals surface area contributed by atoms with E-state index in [1.165, 1.54) is 0 Å². The molecular formula is C8H15N3O3. The average Bonchev–Trinajstić information content (AvgIpc) is 2.66. The number of hydrogen-bond donors (Lipinski definition) is 2. The molecular weight excluding hydrogens is 186 g/mol. The number of ether oxygens (including phenoxy) is 1. The number of hydrogen-bond acceptors (Lipinski definition) is 6. The summed E-state index contributed by atoms with van der Waals surface area (Å²) < 4.78 is 9.81. The first kappa shape index (κ1) is 11.1. The van der Waals surface area contributed by atoms with Gasteiger partial charge in [0, 0.05) is 20.1 Å². The fraction of sp³-hybridized carbons (Fsp3) is 0.750. The van der Waals surface area contributed by atoms with Crippen LogP contribution in [0.15, 0.2) is 4.52 Å². The average molecular weight is 201 g/mol. The zero-order valence-corrected chi connectivity index (χ0v) is 8.14. The maximum Gasteiger partial charge on any atom is 0.226 e. The lowest BCUT2D eigenvalue weighted by molar-refractivity contribution is 0.192. The van der Waals surface area contributed by atoms with Gasteiger partial charge >= 0.3 is 0 Å². The van der Waals surface area contributed by atoms with Crippen LogP contribution in [-0.4, -0.2) is 35.6 Å². The molecule has 6 heteroatoms. The smallest absolute Gasteiger partial charge is 0.226 e. The Morgan fingerprint density at radius 3 is 3.07 bits per heavy atom. The number of aryl methyl sites for hydroxylation is 1. The zero-order chi connectivity index (χ0) is 10.4. The first-order chi connectivity index (χ1) is 6.77. The third-order valence-electron chi connectivity index (χ3n) is 1.75. The SMILES string of the molecule is COCCCc1nc(C(N)CO)no1. The van der Waals surface area contributed by atoms with Crippen molar-refractivity contribution in [3.8, 4) is 0 Å². The quantitative estimate of drug-likeness (QED) is 0.610. The predicted octanol–water partition coefficient (Wildman–Crippen LogP) is -0.359. The first-order valence-corrected chi connectivity index (χ1v) is 4.45. The first-order valence-electron chi connectivity index (χ1n) is 4.45. The highest BCUT2D eigenvalue weighted by Crippen LogP contribution is 2.06. The van der Waals surface area contributed by atoms with Gasteiger partial charge < -0.3 is 20.1 Å². The Kier molecular flexibility index (Phi) is 4.51. The zero-order valence-electron chi connectivity index (χ0n) is 8.14. The van der Waals surface area contributed by atoms with E-state index in [0.29, 0.717) is 24.7 Å². The molecule has 1 heterocycles. The number of methoxy groups -OCH3 is 1. The fourth-order valence-corrected chi connectivity index (χ4v) is 0.970. The van der Waals surface area contributed by atoms with Crippen molar-refractivity contribution in [1.29, 1.82) is 0 Å². The Morgan fingerprint density at radius 2 is 2.43 bits per heavy atom. The third kappa shape index (κ3) is 3.06. The molecule has 0 amide bonds. The molecule has 0 fully saturated rings. The van der Waals surface area contributed by atoms with Crippen LogP contribution >= 0.6 is 0 Å². The molecule has 80 valence electrons. The summed E-state index contributed by atoms with van der Waals surface area (Å²) >= 11 is 0. The second-order valence-electron chi connectivity index (χ2n) is 2.93. The Bertz CT molecular complexity index is 264. The van der Waals surface area contributed by atoms with E-state index in [1.807, 2.05) is 0 Å². The Hall–Kier alpha value is -0.980. The van der Waals surface area contributed by atoms with E-state index in [1.54, 1.807) is 7.11 Å². The van der Waals surface area contributed by atoms with Crippen LogP contribution < -0.4 is 5.73 Å². The molecule has 0 aromatic carbocycles. The lowest BCUT2D eigenvalue weighted by Crippen LogP contribution is -2.16. The van der Waals surface area contributed by atoms with Gasteiger partial charge in [0.2, 0.25) is 5.89 Å². The van der Waals surface area contributed by atoms with E-state index < -0.39 is 6.04 Å². The van der Waals surface area contributed by atoms with Crippen LogP contribution in [0, 0.1) is 0 Å². The monoisotopic (exact) mass is 201 g/mol. The topological polar surface area (TPSA) is 94.4 Å². The number of nitrogens with zero attached hydrogens (tertiary/aromatic N) is 2. The van der Waals surface area contributed by atoms with E-state index in [0.717, 1.165) is 6.42 Å². The molecule has 1 atom stereocenters. The molecule has 0 aliphatic rings. The van der Waals surface area contributed by atoms with Crippen molar-refractivity contribution in [2.75, 3.05) is 20.3 Å². The summed E-state index contributed by atoms with van der Waals surface area (Å²) in [6, 6.07) is -0.560. The van der Waals surface area contributed by atoms with Gasteiger partial charge in [-0.1, -0.05) is 5.16 Å². The van der Waals surface area contributed by atoms with E-state index in [2.05, 4.69) is 10.1 Å². The lowest BCUT2D eigenvalue weighted by Gasteiger charge is -1.98. The minimum absolute atomic E-state index is 0.183.